The average Bonchev–Trinajstić information content (AvgIpc) is 3.71. The molecule has 0 saturated heterocycles. The molecule has 344 valence electrons. The normalized spacial score (nSPS) is 12.4. The smallest absolute Gasteiger partial charge is 0.410 e. The number of oxazole rings is 1. The van der Waals surface area contributed by atoms with Gasteiger partial charge in [-0.3, -0.25) is 9.59 Å². The van der Waals surface area contributed by atoms with E-state index in [1.807, 2.05) is 6.07 Å². The minimum Gasteiger partial charge on any atom is -0.490 e. The average molecular weight is 932 g/mol. The van der Waals surface area contributed by atoms with E-state index < -0.39 is 66.8 Å². The SMILES string of the molecule is CC(NC(=O)CN(C)C(=O)OC(C)(C)C)C(=O)OCC(COc1ccc(-c2c(C#N)c(N)nc(SCc3coc(-c4ccc(Cl)cc4)n3)c2C#N)cc1)OC(=O)C(C)NC(=O)CN(C)C. The highest BCUT2D eigenvalue weighted by Gasteiger charge is 2.27. The van der Waals surface area contributed by atoms with Gasteiger partial charge in [0, 0.05) is 29.0 Å². The molecule has 0 aliphatic carbocycles. The number of halogens is 1. The van der Waals surface area contributed by atoms with Gasteiger partial charge in [-0.25, -0.2) is 24.4 Å². The summed E-state index contributed by atoms with van der Waals surface area (Å²) in [5.41, 5.74) is 7.56. The Bertz CT molecular complexity index is 2430. The zero-order valence-electron chi connectivity index (χ0n) is 37.1. The zero-order valence-corrected chi connectivity index (χ0v) is 38.7. The number of hydrogen-bond donors (Lipinski definition) is 3. The Hall–Kier alpha value is -6.87. The van der Waals surface area contributed by atoms with Crippen molar-refractivity contribution in [2.45, 2.75) is 69.2 Å². The fourth-order valence-electron chi connectivity index (χ4n) is 5.62. The van der Waals surface area contributed by atoms with Crippen molar-refractivity contribution in [3.05, 3.63) is 76.6 Å². The highest BCUT2D eigenvalue weighted by Crippen LogP contribution is 2.37. The molecule has 2 heterocycles. The highest BCUT2D eigenvalue weighted by molar-refractivity contribution is 7.98. The molecule has 3 amide bonds. The standard InChI is InChI=1S/C44H50ClN9O10S/c1-25(49-36(56)20-54(8)43(59)64-44(3,4)5)41(57)62-23-32(63-42(58)26(2)50-35(55)19-53(6)7)22-60-31-15-11-27(12-16-31)37-33(17-46)38(48)52-40(34(37)18-47)65-24-30-21-61-39(51-30)28-9-13-29(45)14-10-28/h9-16,21,25-26,32H,19-20,22-24H2,1-8H3,(H2,48,52)(H,49,56)(H,50,55). The molecule has 0 radical (unpaired) electrons. The quantitative estimate of drug-likeness (QED) is 0.0638. The van der Waals surface area contributed by atoms with Crippen LogP contribution < -0.4 is 21.1 Å². The molecule has 65 heavy (non-hydrogen) atoms. The summed E-state index contributed by atoms with van der Waals surface area (Å²) in [5.74, 6) is -1.99. The number of likely N-dealkylation sites (N-methyl/N-ethyl adjacent to an activating group) is 2. The maximum atomic E-state index is 13.1. The third kappa shape index (κ3) is 15.4. The van der Waals surface area contributed by atoms with E-state index in [0.717, 1.165) is 10.5 Å². The number of amides is 3. The molecule has 4 N–H and O–H groups in total. The number of anilines is 1. The minimum absolute atomic E-state index is 0.00732. The number of hydrogen-bond acceptors (Lipinski definition) is 17. The third-order valence-electron chi connectivity index (χ3n) is 8.70. The summed E-state index contributed by atoms with van der Waals surface area (Å²) in [6.45, 7) is 6.61. The number of nitriles is 2. The fourth-order valence-corrected chi connectivity index (χ4v) is 6.62. The summed E-state index contributed by atoms with van der Waals surface area (Å²) in [5, 5.41) is 26.2. The first-order valence-electron chi connectivity index (χ1n) is 19.9. The lowest BCUT2D eigenvalue weighted by Gasteiger charge is -2.25. The van der Waals surface area contributed by atoms with Gasteiger partial charge >= 0.3 is 18.0 Å². The topological polar surface area (TPSA) is 265 Å². The van der Waals surface area contributed by atoms with E-state index in [0.29, 0.717) is 22.2 Å². The van der Waals surface area contributed by atoms with Crippen LogP contribution in [-0.4, -0.2) is 121 Å². The minimum atomic E-state index is -1.21. The number of aromatic nitrogens is 2. The molecule has 0 aliphatic heterocycles. The highest BCUT2D eigenvalue weighted by atomic mass is 35.5. The van der Waals surface area contributed by atoms with Crippen LogP contribution in [0.15, 0.2) is 64.2 Å². The predicted octanol–water partition coefficient (Wildman–Crippen LogP) is 4.95. The number of carbonyl (C=O) groups is 5. The molecule has 19 nitrogen and oxygen atoms in total. The Morgan fingerprint density at radius 1 is 0.862 bits per heavy atom. The molecule has 0 spiro atoms. The number of ether oxygens (including phenoxy) is 4. The van der Waals surface area contributed by atoms with Crippen LogP contribution in [0.4, 0.5) is 10.6 Å². The van der Waals surface area contributed by atoms with Gasteiger partial charge in [-0.05, 0) is 90.7 Å². The summed E-state index contributed by atoms with van der Waals surface area (Å²) >= 11 is 7.19. The number of nitrogens with zero attached hydrogens (tertiary/aromatic N) is 6. The second kappa shape index (κ2) is 23.2. The lowest BCUT2D eigenvalue weighted by atomic mass is 9.97. The summed E-state index contributed by atoms with van der Waals surface area (Å²) in [6, 6.07) is 15.3. The van der Waals surface area contributed by atoms with E-state index in [1.165, 1.54) is 38.9 Å². The molecule has 3 atom stereocenters. The Kier molecular flexibility index (Phi) is 18.1. The molecule has 0 bridgehead atoms. The van der Waals surface area contributed by atoms with Crippen LogP contribution in [0.25, 0.3) is 22.6 Å². The van der Waals surface area contributed by atoms with Crippen molar-refractivity contribution in [1.29, 1.82) is 10.5 Å². The number of esters is 2. The molecule has 4 aromatic rings. The van der Waals surface area contributed by atoms with Crippen LogP contribution in [0.5, 0.6) is 5.75 Å². The number of carbonyl (C=O) groups excluding carboxylic acids is 5. The molecule has 3 unspecified atom stereocenters. The molecule has 2 aromatic heterocycles. The maximum absolute atomic E-state index is 13.1. The van der Waals surface area contributed by atoms with Gasteiger partial charge in [-0.2, -0.15) is 10.5 Å². The Labute approximate surface area is 385 Å². The van der Waals surface area contributed by atoms with E-state index in [9.17, 15) is 34.5 Å². The van der Waals surface area contributed by atoms with Crippen LogP contribution >= 0.6 is 23.4 Å². The van der Waals surface area contributed by atoms with Crippen molar-refractivity contribution in [2.24, 2.45) is 0 Å². The van der Waals surface area contributed by atoms with Crippen LogP contribution in [0, 0.1) is 22.7 Å². The van der Waals surface area contributed by atoms with Gasteiger partial charge in [0.1, 0.15) is 78.0 Å². The molecule has 0 aliphatic rings. The summed E-state index contributed by atoms with van der Waals surface area (Å²) < 4.78 is 27.8. The monoisotopic (exact) mass is 931 g/mol. The van der Waals surface area contributed by atoms with E-state index in [-0.39, 0.29) is 52.2 Å². The van der Waals surface area contributed by atoms with Crippen molar-refractivity contribution in [2.75, 3.05) is 53.2 Å². The van der Waals surface area contributed by atoms with Crippen LogP contribution in [0.2, 0.25) is 5.02 Å². The van der Waals surface area contributed by atoms with E-state index in [1.54, 1.807) is 88.3 Å². The first kappa shape index (κ1) is 50.8. The summed E-state index contributed by atoms with van der Waals surface area (Å²) in [4.78, 5) is 74.8. The first-order chi connectivity index (χ1) is 30.7. The molecular formula is C44H50ClN9O10S. The molecule has 4 rings (SSSR count). The fraction of sp³-hybridized carbons (Fsp3) is 0.386. The number of nitrogens with two attached hydrogens (primary N) is 1. The van der Waals surface area contributed by atoms with E-state index >= 15 is 0 Å². The number of thioether (sulfide) groups is 1. The molecular weight excluding hydrogens is 882 g/mol. The third-order valence-corrected chi connectivity index (χ3v) is 9.96. The van der Waals surface area contributed by atoms with Crippen molar-refractivity contribution >= 4 is 59.0 Å². The van der Waals surface area contributed by atoms with Gasteiger partial charge in [0.25, 0.3) is 0 Å². The Balaban J connectivity index is 1.47. The molecule has 21 heteroatoms. The van der Waals surface area contributed by atoms with Crippen molar-refractivity contribution in [3.63, 3.8) is 0 Å². The predicted molar refractivity (Wildman–Crippen MR) is 239 cm³/mol. The van der Waals surface area contributed by atoms with E-state index in [2.05, 4.69) is 26.7 Å². The van der Waals surface area contributed by atoms with Crippen molar-refractivity contribution < 1.29 is 47.3 Å². The number of pyridine rings is 1. The summed E-state index contributed by atoms with van der Waals surface area (Å²) in [6.07, 6.45) is -0.444. The van der Waals surface area contributed by atoms with Crippen molar-refractivity contribution in [1.82, 2.24) is 30.4 Å². The van der Waals surface area contributed by atoms with Crippen LogP contribution in [0.3, 0.4) is 0 Å². The van der Waals surface area contributed by atoms with Crippen LogP contribution in [0.1, 0.15) is 51.4 Å². The largest absolute Gasteiger partial charge is 0.490 e. The van der Waals surface area contributed by atoms with E-state index in [4.69, 9.17) is 40.7 Å². The number of rotatable bonds is 19. The molecule has 2 aromatic carbocycles. The first-order valence-corrected chi connectivity index (χ1v) is 21.3. The zero-order chi connectivity index (χ0) is 48.0. The molecule has 0 fully saturated rings. The van der Waals surface area contributed by atoms with Crippen LogP contribution in [-0.2, 0) is 39.1 Å². The number of benzene rings is 2. The van der Waals surface area contributed by atoms with Gasteiger partial charge in [-0.1, -0.05) is 35.5 Å². The Morgan fingerprint density at radius 3 is 2.06 bits per heavy atom. The molecule has 0 saturated carbocycles. The van der Waals surface area contributed by atoms with Gasteiger partial charge < -0.3 is 49.5 Å². The number of nitrogen functional groups attached to an aromatic ring is 1. The summed E-state index contributed by atoms with van der Waals surface area (Å²) in [7, 11) is 4.75. The number of nitrogens with one attached hydrogen (secondary N) is 2. The lowest BCUT2D eigenvalue weighted by Crippen LogP contribution is -2.47. The maximum Gasteiger partial charge on any atom is 0.410 e. The van der Waals surface area contributed by atoms with Gasteiger partial charge in [-0.15, -0.1) is 0 Å². The van der Waals surface area contributed by atoms with Gasteiger partial charge in [0.2, 0.25) is 17.7 Å². The van der Waals surface area contributed by atoms with Gasteiger partial charge in [0.05, 0.1) is 17.8 Å². The second-order valence-electron chi connectivity index (χ2n) is 15.8. The lowest BCUT2D eigenvalue weighted by molar-refractivity contribution is -0.163. The van der Waals surface area contributed by atoms with Crippen molar-refractivity contribution in [3.8, 4) is 40.5 Å². The Morgan fingerprint density at radius 2 is 1.46 bits per heavy atom. The second-order valence-corrected chi connectivity index (χ2v) is 17.2. The van der Waals surface area contributed by atoms with Gasteiger partial charge in [0.15, 0.2) is 6.10 Å².